The molecule has 4 nitrogen and oxygen atoms in total. The van der Waals surface area contributed by atoms with Crippen LogP contribution in [0.2, 0.25) is 10.0 Å². The summed E-state index contributed by atoms with van der Waals surface area (Å²) in [4.78, 5) is 23.7. The predicted molar refractivity (Wildman–Crippen MR) is 85.4 cm³/mol. The predicted octanol–water partition coefficient (Wildman–Crippen LogP) is 3.53. The number of benzene rings is 1. The quantitative estimate of drug-likeness (QED) is 0.663. The van der Waals surface area contributed by atoms with Crippen molar-refractivity contribution < 1.29 is 9.59 Å². The molecular formula is C14H10Cl2N2O2S. The Labute approximate surface area is 135 Å². The number of hydrogen-bond donors (Lipinski definition) is 2. The van der Waals surface area contributed by atoms with Gasteiger partial charge in [-0.05, 0) is 35.2 Å². The summed E-state index contributed by atoms with van der Waals surface area (Å²) < 4.78 is 0. The van der Waals surface area contributed by atoms with Gasteiger partial charge in [0, 0.05) is 6.08 Å². The van der Waals surface area contributed by atoms with Crippen molar-refractivity contribution in [1.29, 1.82) is 0 Å². The Bertz CT molecular complexity index is 684. The fourth-order valence-electron chi connectivity index (χ4n) is 1.42. The summed E-state index contributed by atoms with van der Waals surface area (Å²) in [6.45, 7) is 0. The largest absolute Gasteiger partial charge is 0.279 e. The molecule has 1 aromatic carbocycles. The smallest absolute Gasteiger partial charge is 0.268 e. The zero-order valence-electron chi connectivity index (χ0n) is 10.6. The van der Waals surface area contributed by atoms with Crippen molar-refractivity contribution in [3.05, 3.63) is 62.3 Å². The van der Waals surface area contributed by atoms with Gasteiger partial charge in [0.05, 0.1) is 14.9 Å². The van der Waals surface area contributed by atoms with Crippen molar-refractivity contribution in [2.45, 2.75) is 0 Å². The molecule has 2 aromatic rings. The number of carbonyl (C=O) groups is 2. The Morgan fingerprint density at radius 3 is 2.57 bits per heavy atom. The van der Waals surface area contributed by atoms with Gasteiger partial charge in [0.2, 0.25) is 0 Å². The number of nitrogens with one attached hydrogen (secondary N) is 2. The lowest BCUT2D eigenvalue weighted by molar-refractivity contribution is -0.117. The molecule has 2 rings (SSSR count). The first-order valence-corrected chi connectivity index (χ1v) is 7.47. The second-order valence-corrected chi connectivity index (χ2v) is 5.69. The number of carbonyl (C=O) groups excluding carboxylic acids is 2. The van der Waals surface area contributed by atoms with E-state index < -0.39 is 5.91 Å². The highest BCUT2D eigenvalue weighted by molar-refractivity contribution is 7.12. The van der Waals surface area contributed by atoms with E-state index in [9.17, 15) is 9.59 Å². The summed E-state index contributed by atoms with van der Waals surface area (Å²) in [7, 11) is 0. The number of amides is 2. The number of thiophene rings is 1. The summed E-state index contributed by atoms with van der Waals surface area (Å²) in [5.41, 5.74) is 5.33. The standard InChI is InChI=1S/C14H10Cl2N2O2S/c15-10-5-3-9(8-11(10)16)4-6-13(19)17-18-14(20)12-2-1-7-21-12/h1-8H,(H,17,19)(H,18,20)/b6-4+. The van der Waals surface area contributed by atoms with Gasteiger partial charge in [-0.3, -0.25) is 20.4 Å². The van der Waals surface area contributed by atoms with E-state index in [0.29, 0.717) is 14.9 Å². The third-order valence-electron chi connectivity index (χ3n) is 2.42. The van der Waals surface area contributed by atoms with Crippen LogP contribution in [0.25, 0.3) is 6.08 Å². The molecule has 2 N–H and O–H groups in total. The molecular weight excluding hydrogens is 331 g/mol. The van der Waals surface area contributed by atoms with Crippen LogP contribution in [-0.4, -0.2) is 11.8 Å². The lowest BCUT2D eigenvalue weighted by Gasteiger charge is -2.03. The zero-order chi connectivity index (χ0) is 15.2. The van der Waals surface area contributed by atoms with Crippen LogP contribution >= 0.6 is 34.5 Å². The Kier molecular flexibility index (Phi) is 5.38. The first-order valence-electron chi connectivity index (χ1n) is 5.83. The van der Waals surface area contributed by atoms with Crippen molar-refractivity contribution in [3.63, 3.8) is 0 Å². The van der Waals surface area contributed by atoms with Crippen LogP contribution in [0, 0.1) is 0 Å². The van der Waals surface area contributed by atoms with Crippen molar-refractivity contribution in [1.82, 2.24) is 10.9 Å². The van der Waals surface area contributed by atoms with Crippen LogP contribution in [0.15, 0.2) is 41.8 Å². The van der Waals surface area contributed by atoms with Crippen LogP contribution in [0.4, 0.5) is 0 Å². The van der Waals surface area contributed by atoms with Crippen LogP contribution < -0.4 is 10.9 Å². The molecule has 0 saturated carbocycles. The van der Waals surface area contributed by atoms with E-state index in [2.05, 4.69) is 10.9 Å². The number of rotatable bonds is 3. The third kappa shape index (κ3) is 4.60. The zero-order valence-corrected chi connectivity index (χ0v) is 12.9. The lowest BCUT2D eigenvalue weighted by Crippen LogP contribution is -2.40. The maximum Gasteiger partial charge on any atom is 0.279 e. The minimum Gasteiger partial charge on any atom is -0.268 e. The first-order chi connectivity index (χ1) is 10.1. The number of hydrogen-bond acceptors (Lipinski definition) is 3. The van der Waals surface area contributed by atoms with Crippen molar-refractivity contribution in [3.8, 4) is 0 Å². The van der Waals surface area contributed by atoms with Gasteiger partial charge in [-0.15, -0.1) is 11.3 Å². The second-order valence-electron chi connectivity index (χ2n) is 3.93. The maximum atomic E-state index is 11.6. The van der Waals surface area contributed by atoms with Gasteiger partial charge in [0.25, 0.3) is 11.8 Å². The molecule has 0 radical (unpaired) electrons. The van der Waals surface area contributed by atoms with E-state index >= 15 is 0 Å². The highest BCUT2D eigenvalue weighted by Crippen LogP contribution is 2.23. The highest BCUT2D eigenvalue weighted by Gasteiger charge is 2.06. The van der Waals surface area contributed by atoms with E-state index in [1.54, 1.807) is 41.8 Å². The molecule has 2 amide bonds. The second kappa shape index (κ2) is 7.26. The minimum absolute atomic E-state index is 0.360. The summed E-state index contributed by atoms with van der Waals surface area (Å²) in [6.07, 6.45) is 2.85. The van der Waals surface area contributed by atoms with Gasteiger partial charge in [-0.25, -0.2) is 0 Å². The van der Waals surface area contributed by atoms with E-state index in [1.165, 1.54) is 17.4 Å². The van der Waals surface area contributed by atoms with Crippen LogP contribution in [-0.2, 0) is 4.79 Å². The molecule has 1 heterocycles. The highest BCUT2D eigenvalue weighted by atomic mass is 35.5. The number of halogens is 2. The SMILES string of the molecule is O=C(/C=C/c1ccc(Cl)c(Cl)c1)NNC(=O)c1cccs1. The Morgan fingerprint density at radius 1 is 1.10 bits per heavy atom. The Hall–Kier alpha value is -1.82. The molecule has 21 heavy (non-hydrogen) atoms. The molecule has 0 bridgehead atoms. The fourth-order valence-corrected chi connectivity index (χ4v) is 2.34. The normalized spacial score (nSPS) is 10.6. The molecule has 108 valence electrons. The van der Waals surface area contributed by atoms with E-state index in [0.717, 1.165) is 5.56 Å². The molecule has 1 aromatic heterocycles. The fraction of sp³-hybridized carbons (Fsp3) is 0. The van der Waals surface area contributed by atoms with Gasteiger partial charge in [0.1, 0.15) is 0 Å². The first kappa shape index (κ1) is 15.6. The molecule has 0 fully saturated rings. The molecule has 0 atom stereocenters. The molecule has 0 aliphatic rings. The lowest BCUT2D eigenvalue weighted by atomic mass is 10.2. The summed E-state index contributed by atoms with van der Waals surface area (Å²) in [5.74, 6) is -0.813. The van der Waals surface area contributed by atoms with E-state index in [4.69, 9.17) is 23.2 Å². The van der Waals surface area contributed by atoms with E-state index in [1.807, 2.05) is 0 Å². The average molecular weight is 341 g/mol. The molecule has 7 heteroatoms. The molecule has 0 spiro atoms. The van der Waals surface area contributed by atoms with E-state index in [-0.39, 0.29) is 5.91 Å². The molecule has 0 aliphatic heterocycles. The molecule has 0 aliphatic carbocycles. The summed E-state index contributed by atoms with van der Waals surface area (Å²) >= 11 is 12.9. The van der Waals surface area contributed by atoms with Crippen molar-refractivity contribution in [2.24, 2.45) is 0 Å². The number of hydrazine groups is 1. The van der Waals surface area contributed by atoms with Crippen molar-refractivity contribution >= 4 is 52.4 Å². The minimum atomic E-state index is -0.453. The Morgan fingerprint density at radius 2 is 1.90 bits per heavy atom. The average Bonchev–Trinajstić information content (AvgIpc) is 3.00. The van der Waals surface area contributed by atoms with Crippen LogP contribution in [0.3, 0.4) is 0 Å². The van der Waals surface area contributed by atoms with Crippen LogP contribution in [0.5, 0.6) is 0 Å². The summed E-state index contributed by atoms with van der Waals surface area (Å²) in [6, 6.07) is 8.42. The molecule has 0 unspecified atom stereocenters. The third-order valence-corrected chi connectivity index (χ3v) is 4.02. The van der Waals surface area contributed by atoms with Gasteiger partial charge in [-0.1, -0.05) is 35.3 Å². The van der Waals surface area contributed by atoms with Crippen LogP contribution in [0.1, 0.15) is 15.2 Å². The Balaban J connectivity index is 1.88. The topological polar surface area (TPSA) is 58.2 Å². The maximum absolute atomic E-state index is 11.6. The monoisotopic (exact) mass is 340 g/mol. The van der Waals surface area contributed by atoms with Gasteiger partial charge < -0.3 is 0 Å². The van der Waals surface area contributed by atoms with Crippen molar-refractivity contribution in [2.75, 3.05) is 0 Å². The van der Waals surface area contributed by atoms with Gasteiger partial charge in [0.15, 0.2) is 0 Å². The summed E-state index contributed by atoms with van der Waals surface area (Å²) in [5, 5.41) is 2.63. The van der Waals surface area contributed by atoms with Gasteiger partial charge >= 0.3 is 0 Å². The van der Waals surface area contributed by atoms with Gasteiger partial charge in [-0.2, -0.15) is 0 Å². The molecule has 0 saturated heterocycles.